The Balaban J connectivity index is 1.25. The predicted molar refractivity (Wildman–Crippen MR) is 124 cm³/mol. The van der Waals surface area contributed by atoms with Gasteiger partial charge in [-0.1, -0.05) is 61.7 Å². The van der Waals surface area contributed by atoms with E-state index in [0.717, 1.165) is 50.0 Å². The van der Waals surface area contributed by atoms with Crippen molar-refractivity contribution in [3.05, 3.63) is 48.0 Å². The summed E-state index contributed by atoms with van der Waals surface area (Å²) in [7, 11) is 0. The number of benzene rings is 2. The summed E-state index contributed by atoms with van der Waals surface area (Å²) in [6.07, 6.45) is 9.05. The van der Waals surface area contributed by atoms with Gasteiger partial charge in [0, 0.05) is 30.6 Å². The molecule has 1 heterocycles. The summed E-state index contributed by atoms with van der Waals surface area (Å²) in [6, 6.07) is 15.2. The van der Waals surface area contributed by atoms with Crippen LogP contribution in [0.15, 0.2) is 42.5 Å². The predicted octanol–water partition coefficient (Wildman–Crippen LogP) is 5.23. The molecule has 1 unspecified atom stereocenters. The Morgan fingerprint density at radius 3 is 2.72 bits per heavy atom. The summed E-state index contributed by atoms with van der Waals surface area (Å²) in [6.45, 7) is 3.72. The zero-order valence-electron chi connectivity index (χ0n) is 17.4. The molecule has 4 rings (SSSR count). The maximum absolute atomic E-state index is 12.7. The number of thioether (sulfide) groups is 1. The second kappa shape index (κ2) is 10.5. The van der Waals surface area contributed by atoms with E-state index in [0.29, 0.717) is 0 Å². The van der Waals surface area contributed by atoms with Crippen molar-refractivity contribution in [1.29, 1.82) is 0 Å². The molecule has 2 fully saturated rings. The molecule has 0 bridgehead atoms. The van der Waals surface area contributed by atoms with Crippen molar-refractivity contribution in [3.63, 3.8) is 0 Å². The Kier molecular flexibility index (Phi) is 7.50. The molecule has 1 saturated heterocycles. The fourth-order valence-electron chi connectivity index (χ4n) is 4.86. The third-order valence-electron chi connectivity index (χ3n) is 6.46. The first-order chi connectivity index (χ1) is 14.3. The first-order valence-corrected chi connectivity index (χ1v) is 12.4. The lowest BCUT2D eigenvalue weighted by Crippen LogP contribution is -2.43. The highest BCUT2D eigenvalue weighted by Crippen LogP contribution is 2.28. The molecule has 1 saturated carbocycles. The van der Waals surface area contributed by atoms with Crippen LogP contribution in [-0.4, -0.2) is 41.4 Å². The number of carbonyl (C=O) groups excluding carboxylic acids is 1. The van der Waals surface area contributed by atoms with Crippen LogP contribution in [0.5, 0.6) is 0 Å². The van der Waals surface area contributed by atoms with Crippen molar-refractivity contribution < 1.29 is 4.79 Å². The Morgan fingerprint density at radius 2 is 1.83 bits per heavy atom. The Bertz CT molecular complexity index is 797. The number of rotatable bonds is 7. The number of fused-ring (bicyclic) bond motifs is 1. The zero-order valence-corrected chi connectivity index (χ0v) is 18.3. The molecule has 3 nitrogen and oxygen atoms in total. The Labute approximate surface area is 179 Å². The number of amides is 1. The van der Waals surface area contributed by atoms with Gasteiger partial charge in [-0.3, -0.25) is 9.69 Å². The Hall–Kier alpha value is -1.52. The van der Waals surface area contributed by atoms with Crippen LogP contribution >= 0.6 is 11.8 Å². The van der Waals surface area contributed by atoms with Gasteiger partial charge in [-0.2, -0.15) is 11.8 Å². The molecule has 0 spiro atoms. The van der Waals surface area contributed by atoms with E-state index >= 15 is 0 Å². The van der Waals surface area contributed by atoms with Crippen LogP contribution in [0.2, 0.25) is 0 Å². The summed E-state index contributed by atoms with van der Waals surface area (Å²) in [5.74, 6) is 1.46. The molecule has 1 aliphatic carbocycles. The van der Waals surface area contributed by atoms with Crippen LogP contribution in [0, 0.1) is 5.92 Å². The third kappa shape index (κ3) is 5.76. The van der Waals surface area contributed by atoms with Gasteiger partial charge in [0.05, 0.1) is 5.92 Å². The second-order valence-corrected chi connectivity index (χ2v) is 10.0. The average Bonchev–Trinajstić information content (AvgIpc) is 2.78. The van der Waals surface area contributed by atoms with E-state index < -0.39 is 0 Å². The highest BCUT2D eigenvalue weighted by atomic mass is 32.2. The summed E-state index contributed by atoms with van der Waals surface area (Å²) in [5, 5.41) is 6.68. The van der Waals surface area contributed by atoms with Gasteiger partial charge in [-0.15, -0.1) is 0 Å². The minimum absolute atomic E-state index is 0.137. The first-order valence-electron chi connectivity index (χ1n) is 11.4. The van der Waals surface area contributed by atoms with Crippen molar-refractivity contribution in [2.75, 3.05) is 25.4 Å². The van der Waals surface area contributed by atoms with E-state index in [4.69, 9.17) is 0 Å². The largest absolute Gasteiger partial charge is 0.355 e. The summed E-state index contributed by atoms with van der Waals surface area (Å²) in [5.41, 5.74) is 1.37. The van der Waals surface area contributed by atoms with E-state index in [9.17, 15) is 4.79 Å². The number of carbonyl (C=O) groups is 1. The fraction of sp³-hybridized carbons (Fsp3) is 0.560. The fourth-order valence-corrected chi connectivity index (χ4v) is 6.08. The van der Waals surface area contributed by atoms with Gasteiger partial charge in [-0.25, -0.2) is 0 Å². The summed E-state index contributed by atoms with van der Waals surface area (Å²) < 4.78 is 0. The molecular formula is C25H34N2OS. The first kappa shape index (κ1) is 20.7. The molecule has 2 aromatic rings. The van der Waals surface area contributed by atoms with Crippen LogP contribution in [0.3, 0.4) is 0 Å². The van der Waals surface area contributed by atoms with E-state index in [2.05, 4.69) is 64.4 Å². The number of nitrogens with one attached hydrogen (secondary N) is 1. The molecule has 4 heteroatoms. The second-order valence-electron chi connectivity index (χ2n) is 8.63. The van der Waals surface area contributed by atoms with Crippen molar-refractivity contribution in [1.82, 2.24) is 10.2 Å². The zero-order chi connectivity index (χ0) is 19.9. The van der Waals surface area contributed by atoms with Gasteiger partial charge in [0.1, 0.15) is 0 Å². The van der Waals surface area contributed by atoms with Crippen LogP contribution in [0.1, 0.15) is 50.5 Å². The van der Waals surface area contributed by atoms with Gasteiger partial charge in [0.25, 0.3) is 0 Å². The van der Waals surface area contributed by atoms with E-state index in [-0.39, 0.29) is 11.8 Å². The molecule has 29 heavy (non-hydrogen) atoms. The maximum Gasteiger partial charge on any atom is 0.224 e. The highest BCUT2D eigenvalue weighted by Gasteiger charge is 2.26. The van der Waals surface area contributed by atoms with Crippen molar-refractivity contribution >= 4 is 28.4 Å². The molecule has 1 N–H and O–H groups in total. The average molecular weight is 411 g/mol. The monoisotopic (exact) mass is 410 g/mol. The van der Waals surface area contributed by atoms with Crippen LogP contribution in [-0.2, 0) is 11.3 Å². The summed E-state index contributed by atoms with van der Waals surface area (Å²) in [4.78, 5) is 15.2. The molecule has 1 aliphatic heterocycles. The smallest absolute Gasteiger partial charge is 0.224 e. The topological polar surface area (TPSA) is 32.3 Å². The lowest BCUT2D eigenvalue weighted by Gasteiger charge is -2.32. The lowest BCUT2D eigenvalue weighted by atomic mass is 9.96. The molecule has 1 atom stereocenters. The van der Waals surface area contributed by atoms with Gasteiger partial charge in [-0.05, 0) is 48.6 Å². The number of likely N-dealkylation sites (tertiary alicyclic amines) is 1. The lowest BCUT2D eigenvalue weighted by molar-refractivity contribution is -0.126. The quantitative estimate of drug-likeness (QED) is 0.634. The van der Waals surface area contributed by atoms with E-state index in [1.165, 1.54) is 48.4 Å². The number of hydrogen-bond acceptors (Lipinski definition) is 3. The van der Waals surface area contributed by atoms with Crippen molar-refractivity contribution in [2.24, 2.45) is 5.92 Å². The summed E-state index contributed by atoms with van der Waals surface area (Å²) >= 11 is 2.06. The van der Waals surface area contributed by atoms with Gasteiger partial charge in [0.15, 0.2) is 0 Å². The molecule has 2 aromatic carbocycles. The molecule has 0 radical (unpaired) electrons. The minimum atomic E-state index is 0.137. The number of nitrogens with zero attached hydrogens (tertiary/aromatic N) is 1. The molecule has 2 aliphatic rings. The van der Waals surface area contributed by atoms with Crippen LogP contribution in [0.25, 0.3) is 10.8 Å². The Morgan fingerprint density at radius 1 is 1.00 bits per heavy atom. The van der Waals surface area contributed by atoms with E-state index in [1.807, 2.05) is 0 Å². The third-order valence-corrected chi connectivity index (χ3v) is 7.84. The molecule has 0 aromatic heterocycles. The molecule has 1 amide bonds. The SMILES string of the molecule is O=C(NCCSC1CCCCC1)C1CCCN(Cc2cccc3ccccc23)C1. The normalized spacial score (nSPS) is 21.3. The van der Waals surface area contributed by atoms with Gasteiger partial charge in [0.2, 0.25) is 5.91 Å². The maximum atomic E-state index is 12.7. The highest BCUT2D eigenvalue weighted by molar-refractivity contribution is 7.99. The van der Waals surface area contributed by atoms with Gasteiger partial charge >= 0.3 is 0 Å². The van der Waals surface area contributed by atoms with Crippen LogP contribution in [0.4, 0.5) is 0 Å². The number of hydrogen-bond donors (Lipinski definition) is 1. The minimum Gasteiger partial charge on any atom is -0.355 e. The standard InChI is InChI=1S/C25H34N2OS/c28-25(26-15-17-29-23-12-2-1-3-13-23)22-11-7-16-27(19-22)18-21-10-6-9-20-8-4-5-14-24(20)21/h4-6,8-10,14,22-23H,1-3,7,11-13,15-19H2,(H,26,28). The van der Waals surface area contributed by atoms with Gasteiger partial charge < -0.3 is 5.32 Å². The van der Waals surface area contributed by atoms with Crippen molar-refractivity contribution in [3.8, 4) is 0 Å². The van der Waals surface area contributed by atoms with Crippen molar-refractivity contribution in [2.45, 2.75) is 56.7 Å². The molecule has 156 valence electrons. The van der Waals surface area contributed by atoms with Crippen LogP contribution < -0.4 is 5.32 Å². The van der Waals surface area contributed by atoms with E-state index in [1.54, 1.807) is 0 Å². The molecular weight excluding hydrogens is 376 g/mol. The number of piperidine rings is 1.